The van der Waals surface area contributed by atoms with Crippen molar-refractivity contribution in [2.45, 2.75) is 0 Å². The predicted molar refractivity (Wildman–Crippen MR) is 50.6 cm³/mol. The highest BCUT2D eigenvalue weighted by molar-refractivity contribution is 5.72. The van der Waals surface area contributed by atoms with Crippen molar-refractivity contribution >= 4 is 17.5 Å². The van der Waals surface area contributed by atoms with Crippen LogP contribution in [0.1, 0.15) is 0 Å². The summed E-state index contributed by atoms with van der Waals surface area (Å²) >= 11 is 0. The minimum Gasteiger partial charge on any atom is -0.471 e. The number of benzene rings is 1. The number of nitrogens with zero attached hydrogens (tertiary/aromatic N) is 2. The lowest BCUT2D eigenvalue weighted by Crippen LogP contribution is -1.68. The first kappa shape index (κ1) is 12.0. The van der Waals surface area contributed by atoms with E-state index in [-0.39, 0.29) is 5.48 Å². The first-order chi connectivity index (χ1) is 6.38. The third-order valence-corrected chi connectivity index (χ3v) is 1.32. The fourth-order valence-electron chi connectivity index (χ4n) is 0.786. The van der Waals surface area contributed by atoms with Crippen LogP contribution in [-0.4, -0.2) is 34.5 Å². The number of rotatable bonds is 1. The molecule has 0 atom stereocenters. The van der Waals surface area contributed by atoms with Gasteiger partial charge in [-0.3, -0.25) is 4.79 Å². The number of carbonyl (C=O) groups excluding carboxylic acids is 1. The van der Waals surface area contributed by atoms with Gasteiger partial charge in [0.2, 0.25) is 0 Å². The molecule has 0 amide bonds. The Hall–Kier alpha value is -1.95. The van der Waals surface area contributed by atoms with Crippen LogP contribution < -0.4 is 0 Å². The summed E-state index contributed by atoms with van der Waals surface area (Å²) in [6, 6.07) is 7.70. The molecule has 76 valence electrons. The summed E-state index contributed by atoms with van der Waals surface area (Å²) in [6.07, 6.45) is 0. The maximum atomic E-state index is 8.95. The number of para-hydroxylation sites is 2. The maximum absolute atomic E-state index is 8.95. The Morgan fingerprint density at radius 2 is 1.71 bits per heavy atom. The van der Waals surface area contributed by atoms with E-state index in [4.69, 9.17) is 4.79 Å². The fourth-order valence-corrected chi connectivity index (χ4v) is 0.786. The molecular formula is C8H11N3O3. The zero-order chi connectivity index (χ0) is 9.52. The van der Waals surface area contributed by atoms with Crippen molar-refractivity contribution in [3.05, 3.63) is 24.3 Å². The molecule has 1 aromatic carbocycles. The molecule has 0 bridgehead atoms. The molecule has 14 heavy (non-hydrogen) atoms. The van der Waals surface area contributed by atoms with Crippen LogP contribution in [0.4, 0.5) is 0 Å². The highest BCUT2D eigenvalue weighted by Crippen LogP contribution is 2.03. The van der Waals surface area contributed by atoms with E-state index in [1.165, 1.54) is 7.11 Å². The third-order valence-electron chi connectivity index (χ3n) is 1.32. The molecule has 0 radical (unpaired) electrons. The Morgan fingerprint density at radius 1 is 1.29 bits per heavy atom. The Balaban J connectivity index is 0.000000299. The maximum Gasteiger partial charge on any atom is 0.292 e. The Bertz CT molecular complexity index is 344. The molecule has 0 aliphatic rings. The van der Waals surface area contributed by atoms with E-state index in [9.17, 15) is 0 Å². The number of hydrogen-bond donors (Lipinski definition) is 1. The number of aromatic amines is 1. The van der Waals surface area contributed by atoms with Crippen molar-refractivity contribution in [2.75, 3.05) is 7.11 Å². The number of carbonyl (C=O) groups is 1. The highest BCUT2D eigenvalue weighted by Gasteiger charge is 1.90. The third kappa shape index (κ3) is 3.20. The molecule has 0 aliphatic heterocycles. The van der Waals surface area contributed by atoms with Gasteiger partial charge in [0, 0.05) is 0 Å². The van der Waals surface area contributed by atoms with Crippen LogP contribution >= 0.6 is 0 Å². The molecule has 0 aliphatic carbocycles. The smallest absolute Gasteiger partial charge is 0.292 e. The van der Waals surface area contributed by atoms with Gasteiger partial charge in [-0.2, -0.15) is 15.4 Å². The number of hydrogen-bond acceptors (Lipinski definition) is 4. The molecule has 6 nitrogen and oxygen atoms in total. The Kier molecular flexibility index (Phi) is 5.64. The predicted octanol–water partition coefficient (Wildman–Crippen LogP) is -0.0776. The standard InChI is InChI=1S/C6H5N3.C2H4O2.H2O/c1-2-4-6-5(3-1)7-9-8-6;1-4-2-3;/h1-4H,(H,7,8,9);2H,1H3;1H2. The van der Waals surface area contributed by atoms with Crippen LogP contribution in [0, 0.1) is 0 Å². The Morgan fingerprint density at radius 3 is 2.07 bits per heavy atom. The molecule has 0 spiro atoms. The molecule has 1 heterocycles. The van der Waals surface area contributed by atoms with Gasteiger partial charge in [0.15, 0.2) is 0 Å². The van der Waals surface area contributed by atoms with Gasteiger partial charge in [0.1, 0.15) is 11.0 Å². The number of methoxy groups -OCH3 is 1. The van der Waals surface area contributed by atoms with Crippen molar-refractivity contribution in [1.29, 1.82) is 0 Å². The lowest BCUT2D eigenvalue weighted by atomic mass is 10.3. The zero-order valence-electron chi connectivity index (χ0n) is 7.60. The highest BCUT2D eigenvalue weighted by atomic mass is 16.5. The van der Waals surface area contributed by atoms with Crippen LogP contribution in [0.2, 0.25) is 0 Å². The van der Waals surface area contributed by atoms with Gasteiger partial charge >= 0.3 is 0 Å². The van der Waals surface area contributed by atoms with Crippen LogP contribution in [0.3, 0.4) is 0 Å². The van der Waals surface area contributed by atoms with Gasteiger partial charge < -0.3 is 10.2 Å². The van der Waals surface area contributed by atoms with E-state index >= 15 is 0 Å². The van der Waals surface area contributed by atoms with Crippen LogP contribution in [0.5, 0.6) is 0 Å². The van der Waals surface area contributed by atoms with E-state index in [1.807, 2.05) is 24.3 Å². The van der Waals surface area contributed by atoms with E-state index in [1.54, 1.807) is 0 Å². The molecule has 0 saturated carbocycles. The summed E-state index contributed by atoms with van der Waals surface area (Å²) in [7, 11) is 1.31. The molecule has 3 N–H and O–H groups in total. The van der Waals surface area contributed by atoms with Crippen molar-refractivity contribution < 1.29 is 15.0 Å². The van der Waals surface area contributed by atoms with Gasteiger partial charge in [0.25, 0.3) is 6.47 Å². The number of nitrogens with one attached hydrogen (secondary N) is 1. The molecule has 0 saturated heterocycles. The van der Waals surface area contributed by atoms with Crippen molar-refractivity contribution in [2.24, 2.45) is 0 Å². The van der Waals surface area contributed by atoms with Crippen molar-refractivity contribution in [3.63, 3.8) is 0 Å². The molecule has 1 aromatic heterocycles. The first-order valence-corrected chi connectivity index (χ1v) is 3.60. The van der Waals surface area contributed by atoms with Crippen molar-refractivity contribution in [3.8, 4) is 0 Å². The summed E-state index contributed by atoms with van der Waals surface area (Å²) in [6.45, 7) is 0.375. The van der Waals surface area contributed by atoms with Gasteiger partial charge in [-0.1, -0.05) is 12.1 Å². The monoisotopic (exact) mass is 197 g/mol. The second kappa shape index (κ2) is 6.55. The molecule has 2 rings (SSSR count). The molecule has 2 aromatic rings. The molecule has 6 heteroatoms. The summed E-state index contributed by atoms with van der Waals surface area (Å²) < 4.78 is 3.86. The van der Waals surface area contributed by atoms with Gasteiger partial charge in [-0.15, -0.1) is 0 Å². The Labute approximate surface area is 80.2 Å². The minimum absolute atomic E-state index is 0. The minimum atomic E-state index is 0. The molecule has 0 fully saturated rings. The largest absolute Gasteiger partial charge is 0.471 e. The fraction of sp³-hybridized carbons (Fsp3) is 0.125. The van der Waals surface area contributed by atoms with Crippen LogP contribution in [-0.2, 0) is 9.53 Å². The topological polar surface area (TPSA) is 99.4 Å². The second-order valence-corrected chi connectivity index (χ2v) is 2.14. The lowest BCUT2D eigenvalue weighted by molar-refractivity contribution is -0.126. The number of fused-ring (bicyclic) bond motifs is 1. The van der Waals surface area contributed by atoms with E-state index < -0.39 is 0 Å². The summed E-state index contributed by atoms with van der Waals surface area (Å²) in [5.41, 5.74) is 1.83. The first-order valence-electron chi connectivity index (χ1n) is 3.60. The second-order valence-electron chi connectivity index (χ2n) is 2.14. The number of ether oxygens (including phenoxy) is 1. The lowest BCUT2D eigenvalue weighted by Gasteiger charge is -1.78. The number of H-pyrrole nitrogens is 1. The molecular weight excluding hydrogens is 186 g/mol. The summed E-state index contributed by atoms with van der Waals surface area (Å²) in [5, 5.41) is 10.3. The van der Waals surface area contributed by atoms with Crippen molar-refractivity contribution in [1.82, 2.24) is 15.4 Å². The van der Waals surface area contributed by atoms with E-state index in [0.29, 0.717) is 6.47 Å². The quantitative estimate of drug-likeness (QED) is 0.646. The summed E-state index contributed by atoms with van der Waals surface area (Å²) in [5.74, 6) is 0. The molecule has 0 unspecified atom stereocenters. The van der Waals surface area contributed by atoms with Crippen LogP contribution in [0.15, 0.2) is 24.3 Å². The van der Waals surface area contributed by atoms with E-state index in [0.717, 1.165) is 11.0 Å². The normalized spacial score (nSPS) is 8.07. The SMILES string of the molecule is COC=O.O.c1ccc2n[nH]nc2c1. The van der Waals surface area contributed by atoms with Crippen LogP contribution in [0.25, 0.3) is 11.0 Å². The number of aromatic nitrogens is 3. The summed E-state index contributed by atoms with van der Waals surface area (Å²) in [4.78, 5) is 8.95. The average molecular weight is 197 g/mol. The average Bonchev–Trinajstić information content (AvgIpc) is 2.66. The van der Waals surface area contributed by atoms with Gasteiger partial charge in [-0.25, -0.2) is 0 Å². The zero-order valence-corrected chi connectivity index (χ0v) is 7.60. The van der Waals surface area contributed by atoms with Gasteiger partial charge in [0.05, 0.1) is 7.11 Å². The van der Waals surface area contributed by atoms with Gasteiger partial charge in [-0.05, 0) is 12.1 Å². The van der Waals surface area contributed by atoms with E-state index in [2.05, 4.69) is 20.1 Å².